The summed E-state index contributed by atoms with van der Waals surface area (Å²) in [5.41, 5.74) is 0.456. The topological polar surface area (TPSA) is 73.2 Å². The van der Waals surface area contributed by atoms with Crippen LogP contribution in [0.15, 0.2) is 29.1 Å². The van der Waals surface area contributed by atoms with E-state index in [0.29, 0.717) is 11.1 Å². The molecule has 1 saturated heterocycles. The van der Waals surface area contributed by atoms with Crippen molar-refractivity contribution in [3.63, 3.8) is 0 Å². The number of amides is 1. The lowest BCUT2D eigenvalue weighted by Gasteiger charge is -2.20. The molecule has 1 aliphatic rings. The van der Waals surface area contributed by atoms with E-state index in [1.54, 1.807) is 13.1 Å². The first-order valence-corrected chi connectivity index (χ1v) is 7.92. The summed E-state index contributed by atoms with van der Waals surface area (Å²) in [6.07, 6.45) is 2.25. The van der Waals surface area contributed by atoms with Crippen molar-refractivity contribution in [1.82, 2.24) is 15.1 Å². The summed E-state index contributed by atoms with van der Waals surface area (Å²) in [6.45, 7) is 2.72. The second-order valence-electron chi connectivity index (χ2n) is 6.01. The number of nitrogens with one attached hydrogen (secondary N) is 1. The highest BCUT2D eigenvalue weighted by Crippen LogP contribution is 2.16. The smallest absolute Gasteiger partial charge is 0.274 e. The molecule has 2 aromatic rings. The maximum absolute atomic E-state index is 12.3. The fraction of sp³-hybridized carbons (Fsp3) is 0.471. The molecule has 0 spiro atoms. The zero-order valence-corrected chi connectivity index (χ0v) is 13.4. The predicted molar refractivity (Wildman–Crippen MR) is 87.3 cm³/mol. The maximum atomic E-state index is 12.3. The molecule has 2 heterocycles. The number of aryl methyl sites for hydroxylation is 1. The van der Waals surface area contributed by atoms with Gasteiger partial charge >= 0.3 is 0 Å². The van der Waals surface area contributed by atoms with E-state index in [0.717, 1.165) is 24.8 Å². The van der Waals surface area contributed by atoms with Gasteiger partial charge in [-0.3, -0.25) is 9.59 Å². The highest BCUT2D eigenvalue weighted by molar-refractivity contribution is 5.88. The molecule has 0 radical (unpaired) electrons. The van der Waals surface area contributed by atoms with Crippen LogP contribution in [-0.4, -0.2) is 34.4 Å². The Kier molecular flexibility index (Phi) is 4.43. The van der Waals surface area contributed by atoms with Gasteiger partial charge in [0.2, 0.25) is 5.91 Å². The van der Waals surface area contributed by atoms with E-state index in [4.69, 9.17) is 4.74 Å². The molecular weight excluding hydrogens is 294 g/mol. The average Bonchev–Trinajstić information content (AvgIpc) is 3.07. The number of hydrogen-bond donors (Lipinski definition) is 1. The Morgan fingerprint density at radius 1 is 1.43 bits per heavy atom. The monoisotopic (exact) mass is 315 g/mol. The van der Waals surface area contributed by atoms with Crippen LogP contribution in [0.2, 0.25) is 0 Å². The summed E-state index contributed by atoms with van der Waals surface area (Å²) in [6, 6.07) is 7.22. The van der Waals surface area contributed by atoms with Gasteiger partial charge in [-0.1, -0.05) is 18.2 Å². The molecule has 23 heavy (non-hydrogen) atoms. The Labute approximate surface area is 134 Å². The normalized spacial score (nSPS) is 19.0. The maximum Gasteiger partial charge on any atom is 0.274 e. The minimum atomic E-state index is -0.155. The zero-order valence-electron chi connectivity index (χ0n) is 13.4. The molecule has 1 amide bonds. The van der Waals surface area contributed by atoms with Gasteiger partial charge in [-0.25, -0.2) is 4.68 Å². The second-order valence-corrected chi connectivity index (χ2v) is 6.01. The molecule has 3 rings (SSSR count). The van der Waals surface area contributed by atoms with Crippen molar-refractivity contribution in [2.75, 3.05) is 6.61 Å². The number of fused-ring (bicyclic) bond motifs is 1. The molecule has 0 saturated carbocycles. The Morgan fingerprint density at radius 2 is 2.17 bits per heavy atom. The molecule has 0 bridgehead atoms. The Morgan fingerprint density at radius 3 is 2.87 bits per heavy atom. The standard InChI is InChI=1S/C17H21N3O3/c1-11(15-8-5-9-23-15)18-16(21)10-14-12-6-3-4-7-13(12)17(22)20(2)19-14/h3-4,6-7,11,15H,5,8-10H2,1-2H3,(H,18,21)/t11-,15-/m0/s1. The van der Waals surface area contributed by atoms with Crippen molar-refractivity contribution in [2.45, 2.75) is 38.3 Å². The van der Waals surface area contributed by atoms with Crippen LogP contribution in [-0.2, 0) is 23.0 Å². The lowest BCUT2D eigenvalue weighted by Crippen LogP contribution is -2.41. The molecule has 0 unspecified atom stereocenters. The van der Waals surface area contributed by atoms with Crippen molar-refractivity contribution >= 4 is 16.7 Å². The fourth-order valence-electron chi connectivity index (χ4n) is 3.05. The average molecular weight is 315 g/mol. The van der Waals surface area contributed by atoms with Gasteiger partial charge in [-0.05, 0) is 25.8 Å². The molecule has 1 aromatic heterocycles. The van der Waals surface area contributed by atoms with E-state index in [1.165, 1.54) is 4.68 Å². The molecule has 1 N–H and O–H groups in total. The van der Waals surface area contributed by atoms with E-state index in [-0.39, 0.29) is 30.0 Å². The molecule has 2 atom stereocenters. The van der Waals surface area contributed by atoms with Crippen LogP contribution >= 0.6 is 0 Å². The van der Waals surface area contributed by atoms with E-state index in [2.05, 4.69) is 10.4 Å². The number of carbonyl (C=O) groups excluding carboxylic acids is 1. The van der Waals surface area contributed by atoms with Crippen LogP contribution in [0.5, 0.6) is 0 Å². The summed E-state index contributed by atoms with van der Waals surface area (Å²) in [4.78, 5) is 24.4. The summed E-state index contributed by atoms with van der Waals surface area (Å²) in [7, 11) is 1.60. The number of nitrogens with zero attached hydrogens (tertiary/aromatic N) is 2. The quantitative estimate of drug-likeness (QED) is 0.919. The van der Waals surface area contributed by atoms with Crippen molar-refractivity contribution in [1.29, 1.82) is 0 Å². The van der Waals surface area contributed by atoms with Crippen molar-refractivity contribution in [2.24, 2.45) is 7.05 Å². The Bertz CT molecular complexity index is 778. The third kappa shape index (κ3) is 3.27. The summed E-state index contributed by atoms with van der Waals surface area (Å²) in [5.74, 6) is -0.107. The van der Waals surface area contributed by atoms with Crippen LogP contribution in [0, 0.1) is 0 Å². The van der Waals surface area contributed by atoms with E-state index >= 15 is 0 Å². The lowest BCUT2D eigenvalue weighted by molar-refractivity contribution is -0.121. The Balaban J connectivity index is 1.79. The molecule has 6 nitrogen and oxygen atoms in total. The molecule has 1 aliphatic heterocycles. The van der Waals surface area contributed by atoms with Gasteiger partial charge in [0.1, 0.15) is 0 Å². The summed E-state index contributed by atoms with van der Waals surface area (Å²) in [5, 5.41) is 8.55. The SMILES string of the molecule is C[C@H](NC(=O)Cc1nn(C)c(=O)c2ccccc12)[C@@H]1CCCO1. The van der Waals surface area contributed by atoms with Gasteiger partial charge < -0.3 is 10.1 Å². The van der Waals surface area contributed by atoms with Gasteiger partial charge in [-0.15, -0.1) is 0 Å². The summed E-state index contributed by atoms with van der Waals surface area (Å²) < 4.78 is 6.88. The first-order chi connectivity index (χ1) is 11.1. The highest BCUT2D eigenvalue weighted by atomic mass is 16.5. The highest BCUT2D eigenvalue weighted by Gasteiger charge is 2.24. The minimum absolute atomic E-state index is 0.0243. The molecule has 1 aromatic carbocycles. The first kappa shape index (κ1) is 15.7. The van der Waals surface area contributed by atoms with Gasteiger partial charge in [-0.2, -0.15) is 5.10 Å². The van der Waals surface area contributed by atoms with Crippen LogP contribution < -0.4 is 10.9 Å². The number of benzene rings is 1. The van der Waals surface area contributed by atoms with Crippen LogP contribution in [0.3, 0.4) is 0 Å². The van der Waals surface area contributed by atoms with E-state index < -0.39 is 0 Å². The number of ether oxygens (including phenoxy) is 1. The van der Waals surface area contributed by atoms with Crippen molar-refractivity contribution in [3.8, 4) is 0 Å². The molecule has 0 aliphatic carbocycles. The molecular formula is C17H21N3O3. The number of hydrogen-bond acceptors (Lipinski definition) is 4. The number of carbonyl (C=O) groups is 1. The summed E-state index contributed by atoms with van der Waals surface area (Å²) >= 11 is 0. The van der Waals surface area contributed by atoms with Crippen LogP contribution in [0.4, 0.5) is 0 Å². The van der Waals surface area contributed by atoms with Crippen LogP contribution in [0.1, 0.15) is 25.5 Å². The Hall–Kier alpha value is -2.21. The minimum Gasteiger partial charge on any atom is -0.376 e. The first-order valence-electron chi connectivity index (χ1n) is 7.92. The van der Waals surface area contributed by atoms with Crippen molar-refractivity contribution < 1.29 is 9.53 Å². The second kappa shape index (κ2) is 6.50. The molecule has 122 valence electrons. The van der Waals surface area contributed by atoms with E-state index in [1.807, 2.05) is 25.1 Å². The molecule has 1 fully saturated rings. The van der Waals surface area contributed by atoms with E-state index in [9.17, 15) is 9.59 Å². The van der Waals surface area contributed by atoms with Gasteiger partial charge in [0.05, 0.1) is 29.6 Å². The third-order valence-corrected chi connectivity index (χ3v) is 4.27. The zero-order chi connectivity index (χ0) is 16.4. The van der Waals surface area contributed by atoms with Crippen molar-refractivity contribution in [3.05, 3.63) is 40.3 Å². The van der Waals surface area contributed by atoms with Crippen LogP contribution in [0.25, 0.3) is 10.8 Å². The van der Waals surface area contributed by atoms with Gasteiger partial charge in [0.15, 0.2) is 0 Å². The van der Waals surface area contributed by atoms with Gasteiger partial charge in [0, 0.05) is 19.0 Å². The lowest BCUT2D eigenvalue weighted by atomic mass is 10.1. The third-order valence-electron chi connectivity index (χ3n) is 4.27. The molecule has 6 heteroatoms. The largest absolute Gasteiger partial charge is 0.376 e. The number of rotatable bonds is 4. The number of aromatic nitrogens is 2. The fourth-order valence-corrected chi connectivity index (χ4v) is 3.05. The van der Waals surface area contributed by atoms with Gasteiger partial charge in [0.25, 0.3) is 5.56 Å². The predicted octanol–water partition coefficient (Wildman–Crippen LogP) is 1.16.